The fraction of sp³-hybridized carbons (Fsp3) is 0.296. The van der Waals surface area contributed by atoms with E-state index in [1.807, 2.05) is 30.3 Å². The van der Waals surface area contributed by atoms with E-state index in [-0.39, 0.29) is 18.0 Å². The van der Waals surface area contributed by atoms with Crippen LogP contribution in [0, 0.1) is 0 Å². The first-order chi connectivity index (χ1) is 17.1. The minimum atomic E-state index is -0.345. The van der Waals surface area contributed by atoms with Gasteiger partial charge in [0.1, 0.15) is 5.82 Å². The molecule has 7 nitrogen and oxygen atoms in total. The molecule has 0 aliphatic carbocycles. The molecule has 0 atom stereocenters. The molecular formula is C27H27N5O2S. The number of nitrogens with zero attached hydrogens (tertiary/aromatic N) is 4. The number of piperidine rings is 1. The summed E-state index contributed by atoms with van der Waals surface area (Å²) in [5, 5.41) is 3.97. The molecule has 1 fully saturated rings. The van der Waals surface area contributed by atoms with E-state index in [2.05, 4.69) is 31.2 Å². The maximum atomic E-state index is 12.5. The van der Waals surface area contributed by atoms with Crippen LogP contribution in [0.1, 0.15) is 31.2 Å². The van der Waals surface area contributed by atoms with Gasteiger partial charge < -0.3 is 10.2 Å². The van der Waals surface area contributed by atoms with E-state index in [4.69, 9.17) is 0 Å². The van der Waals surface area contributed by atoms with Crippen LogP contribution in [0.5, 0.6) is 0 Å². The zero-order valence-corrected chi connectivity index (χ0v) is 20.3. The highest BCUT2D eigenvalue weighted by Gasteiger charge is 2.17. The van der Waals surface area contributed by atoms with Gasteiger partial charge in [-0.2, -0.15) is 0 Å². The summed E-state index contributed by atoms with van der Waals surface area (Å²) in [6.45, 7) is 2.73. The molecular weight excluding hydrogens is 458 g/mol. The van der Waals surface area contributed by atoms with Crippen molar-refractivity contribution < 1.29 is 9.59 Å². The van der Waals surface area contributed by atoms with Crippen molar-refractivity contribution in [2.24, 2.45) is 0 Å². The molecule has 178 valence electrons. The highest BCUT2D eigenvalue weighted by Crippen LogP contribution is 2.31. The number of thiazole rings is 1. The number of aromatic nitrogens is 3. The first-order valence-electron chi connectivity index (χ1n) is 12.0. The second-order valence-corrected chi connectivity index (χ2v) is 9.82. The normalized spacial score (nSPS) is 14.2. The fourth-order valence-corrected chi connectivity index (χ4v) is 5.24. The standard InChI is InChI=1S/C27H27N5O2S/c33-23(9-15-32-13-2-1-3-14-32)24(34)16-19-6-12-29-26(17-19)31-27-30-22-5-4-21(18-25(22)35-27)20-7-10-28-11-8-20/h4-8,10-12,17-18H,1-3,9,13-16H2,(H,29,30,31). The van der Waals surface area contributed by atoms with Gasteiger partial charge in [-0.3, -0.25) is 14.6 Å². The molecule has 5 rings (SSSR count). The zero-order valence-electron chi connectivity index (χ0n) is 19.4. The third-order valence-corrected chi connectivity index (χ3v) is 7.17. The Labute approximate surface area is 208 Å². The molecule has 35 heavy (non-hydrogen) atoms. The number of pyridine rings is 2. The van der Waals surface area contributed by atoms with Crippen molar-refractivity contribution in [3.05, 3.63) is 66.6 Å². The number of hydrogen-bond donors (Lipinski definition) is 1. The third-order valence-electron chi connectivity index (χ3n) is 6.24. The topological polar surface area (TPSA) is 88.1 Å². The molecule has 3 aromatic heterocycles. The van der Waals surface area contributed by atoms with E-state index in [1.54, 1.807) is 36.0 Å². The lowest BCUT2D eigenvalue weighted by Gasteiger charge is -2.25. The van der Waals surface area contributed by atoms with Crippen LogP contribution in [-0.4, -0.2) is 51.1 Å². The van der Waals surface area contributed by atoms with Gasteiger partial charge in [-0.1, -0.05) is 23.8 Å². The maximum Gasteiger partial charge on any atom is 0.202 e. The van der Waals surface area contributed by atoms with E-state index in [9.17, 15) is 9.59 Å². The monoisotopic (exact) mass is 485 g/mol. The van der Waals surface area contributed by atoms with Crippen molar-refractivity contribution in [2.45, 2.75) is 32.1 Å². The van der Waals surface area contributed by atoms with Gasteiger partial charge in [0.05, 0.1) is 10.2 Å². The summed E-state index contributed by atoms with van der Waals surface area (Å²) in [4.78, 5) is 40.3. The second-order valence-electron chi connectivity index (χ2n) is 8.79. The van der Waals surface area contributed by atoms with Gasteiger partial charge in [-0.15, -0.1) is 0 Å². The summed E-state index contributed by atoms with van der Waals surface area (Å²) in [5.41, 5.74) is 3.88. The molecule has 0 radical (unpaired) electrons. The first kappa shape index (κ1) is 23.3. The molecule has 1 aromatic carbocycles. The quantitative estimate of drug-likeness (QED) is 0.332. The number of anilines is 2. The van der Waals surface area contributed by atoms with Gasteiger partial charge in [-0.05, 0) is 79.0 Å². The van der Waals surface area contributed by atoms with E-state index >= 15 is 0 Å². The van der Waals surface area contributed by atoms with Crippen LogP contribution in [0.3, 0.4) is 0 Å². The fourth-order valence-electron chi connectivity index (χ4n) is 4.33. The number of carbonyl (C=O) groups excluding carboxylic acids is 2. The lowest BCUT2D eigenvalue weighted by Crippen LogP contribution is -2.32. The Hall–Kier alpha value is -3.49. The number of likely N-dealkylation sites (tertiary alicyclic amines) is 1. The number of hydrogen-bond acceptors (Lipinski definition) is 8. The summed E-state index contributed by atoms with van der Waals surface area (Å²) in [5.74, 6) is -0.0367. The van der Waals surface area contributed by atoms with E-state index in [0.29, 0.717) is 18.8 Å². The van der Waals surface area contributed by atoms with Crippen LogP contribution in [0.15, 0.2) is 61.1 Å². The molecule has 8 heteroatoms. The molecule has 4 heterocycles. The Bertz CT molecular complexity index is 1330. The molecule has 0 bridgehead atoms. The number of Topliss-reactive ketones (excluding diaryl/α,β-unsaturated/α-hetero) is 2. The number of carbonyl (C=O) groups is 2. The Morgan fingerprint density at radius 3 is 2.57 bits per heavy atom. The molecule has 1 aliphatic heterocycles. The van der Waals surface area contributed by atoms with E-state index < -0.39 is 0 Å². The van der Waals surface area contributed by atoms with Crippen LogP contribution in [0.2, 0.25) is 0 Å². The molecule has 0 saturated carbocycles. The number of nitrogens with one attached hydrogen (secondary N) is 1. The summed E-state index contributed by atoms with van der Waals surface area (Å²) >= 11 is 1.54. The van der Waals surface area contributed by atoms with E-state index in [0.717, 1.165) is 45.1 Å². The highest BCUT2D eigenvalue weighted by atomic mass is 32.1. The Morgan fingerprint density at radius 2 is 1.74 bits per heavy atom. The van der Waals surface area contributed by atoms with Crippen LogP contribution in [0.4, 0.5) is 10.9 Å². The number of fused-ring (bicyclic) bond motifs is 1. The number of benzene rings is 1. The van der Waals surface area contributed by atoms with Crippen LogP contribution in [0.25, 0.3) is 21.3 Å². The van der Waals surface area contributed by atoms with Crippen LogP contribution in [-0.2, 0) is 16.0 Å². The van der Waals surface area contributed by atoms with E-state index in [1.165, 1.54) is 19.3 Å². The molecule has 1 saturated heterocycles. The SMILES string of the molecule is O=C(CCN1CCCCC1)C(=O)Cc1ccnc(Nc2nc3ccc(-c4ccncc4)cc3s2)c1. The van der Waals surface area contributed by atoms with Crippen molar-refractivity contribution in [3.8, 4) is 11.1 Å². The first-order valence-corrected chi connectivity index (χ1v) is 12.8. The molecule has 0 amide bonds. The minimum absolute atomic E-state index is 0.0885. The van der Waals surface area contributed by atoms with Gasteiger partial charge in [0.25, 0.3) is 0 Å². The van der Waals surface area contributed by atoms with Crippen molar-refractivity contribution in [3.63, 3.8) is 0 Å². The van der Waals surface area contributed by atoms with Crippen LogP contribution < -0.4 is 5.32 Å². The molecule has 4 aromatic rings. The van der Waals surface area contributed by atoms with Crippen molar-refractivity contribution in [1.29, 1.82) is 0 Å². The van der Waals surface area contributed by atoms with Gasteiger partial charge in [0.2, 0.25) is 5.78 Å². The summed E-state index contributed by atoms with van der Waals surface area (Å²) in [7, 11) is 0. The molecule has 1 aliphatic rings. The maximum absolute atomic E-state index is 12.5. The summed E-state index contributed by atoms with van der Waals surface area (Å²) in [6.07, 6.45) is 9.21. The lowest BCUT2D eigenvalue weighted by molar-refractivity contribution is -0.136. The second kappa shape index (κ2) is 10.8. The lowest BCUT2D eigenvalue weighted by atomic mass is 10.0. The van der Waals surface area contributed by atoms with Crippen LogP contribution >= 0.6 is 11.3 Å². The summed E-state index contributed by atoms with van der Waals surface area (Å²) < 4.78 is 1.06. The zero-order chi connectivity index (χ0) is 24.0. The molecule has 0 spiro atoms. The average molecular weight is 486 g/mol. The number of ketones is 2. The smallest absolute Gasteiger partial charge is 0.202 e. The summed E-state index contributed by atoms with van der Waals surface area (Å²) in [6, 6.07) is 13.7. The third kappa shape index (κ3) is 5.96. The predicted molar refractivity (Wildman–Crippen MR) is 139 cm³/mol. The Balaban J connectivity index is 1.21. The van der Waals surface area contributed by atoms with Crippen molar-refractivity contribution >= 4 is 44.1 Å². The minimum Gasteiger partial charge on any atom is -0.316 e. The number of rotatable bonds is 9. The van der Waals surface area contributed by atoms with Gasteiger partial charge in [0, 0.05) is 38.0 Å². The molecule has 1 N–H and O–H groups in total. The van der Waals surface area contributed by atoms with Gasteiger partial charge >= 0.3 is 0 Å². The van der Waals surface area contributed by atoms with Crippen molar-refractivity contribution in [1.82, 2.24) is 19.9 Å². The van der Waals surface area contributed by atoms with Gasteiger partial charge in [-0.25, -0.2) is 9.97 Å². The average Bonchev–Trinajstić information content (AvgIpc) is 3.30. The predicted octanol–water partition coefficient (Wildman–Crippen LogP) is 5.05. The molecule has 0 unspecified atom stereocenters. The van der Waals surface area contributed by atoms with Gasteiger partial charge in [0.15, 0.2) is 10.9 Å². The largest absolute Gasteiger partial charge is 0.316 e. The van der Waals surface area contributed by atoms with Crippen molar-refractivity contribution in [2.75, 3.05) is 25.0 Å². The Morgan fingerprint density at radius 1 is 0.914 bits per heavy atom. The Kier molecular flexibility index (Phi) is 7.20. The highest BCUT2D eigenvalue weighted by molar-refractivity contribution is 7.22.